The molecule has 8 rings (SSSR count). The summed E-state index contributed by atoms with van der Waals surface area (Å²) in [5.41, 5.74) is 3.70. The van der Waals surface area contributed by atoms with Gasteiger partial charge in [0, 0.05) is 0 Å². The fraction of sp³-hybridized carbons (Fsp3) is 0.0244. The Morgan fingerprint density at radius 1 is 0.348 bits per heavy atom. The maximum Gasteiger partial charge on any atom is 0.416 e. The lowest BCUT2D eigenvalue weighted by molar-refractivity contribution is -0.137. The molecule has 0 fully saturated rings. The normalized spacial score (nSPS) is 12.0. The zero-order valence-corrected chi connectivity index (χ0v) is 24.2. The molecule has 0 bridgehead atoms. The number of halogens is 5. The highest BCUT2D eigenvalue weighted by Gasteiger charge is 2.30. The summed E-state index contributed by atoms with van der Waals surface area (Å²) >= 11 is 0. The third-order valence-electron chi connectivity index (χ3n) is 8.78. The number of hydrogen-bond acceptors (Lipinski definition) is 0. The van der Waals surface area contributed by atoms with Crippen molar-refractivity contribution in [2.24, 2.45) is 0 Å². The van der Waals surface area contributed by atoms with Crippen LogP contribution in [0.1, 0.15) is 5.56 Å². The quantitative estimate of drug-likeness (QED) is 0.138. The molecule has 222 valence electrons. The molecule has 0 aliphatic carbocycles. The molecule has 0 aliphatic heterocycles. The van der Waals surface area contributed by atoms with E-state index in [-0.39, 0.29) is 0 Å². The highest BCUT2D eigenvalue weighted by molar-refractivity contribution is 6.22. The molecule has 0 saturated heterocycles. The van der Waals surface area contributed by atoms with Crippen molar-refractivity contribution in [2.75, 3.05) is 0 Å². The Bertz CT molecular complexity index is 2470. The summed E-state index contributed by atoms with van der Waals surface area (Å²) < 4.78 is 70.2. The number of hydrogen-bond donors (Lipinski definition) is 0. The van der Waals surface area contributed by atoms with Crippen LogP contribution in [0.25, 0.3) is 76.5 Å². The lowest BCUT2D eigenvalue weighted by Crippen LogP contribution is -2.03. The van der Waals surface area contributed by atoms with Crippen LogP contribution < -0.4 is 0 Å². The summed E-state index contributed by atoms with van der Waals surface area (Å²) in [6.07, 6.45) is -4.45. The predicted molar refractivity (Wildman–Crippen MR) is 178 cm³/mol. The van der Waals surface area contributed by atoms with Crippen LogP contribution in [0.5, 0.6) is 0 Å². The van der Waals surface area contributed by atoms with Crippen molar-refractivity contribution in [1.82, 2.24) is 0 Å². The van der Waals surface area contributed by atoms with E-state index in [1.165, 1.54) is 24.3 Å². The average Bonchev–Trinajstić information content (AvgIpc) is 3.07. The molecule has 0 nitrogen and oxygen atoms in total. The fourth-order valence-corrected chi connectivity index (χ4v) is 6.56. The molecule has 0 aliphatic rings. The highest BCUT2D eigenvalue weighted by Crippen LogP contribution is 2.46. The minimum atomic E-state index is -4.45. The summed E-state index contributed by atoms with van der Waals surface area (Å²) in [5.74, 6) is -1.91. The Kier molecular flexibility index (Phi) is 6.40. The van der Waals surface area contributed by atoms with Gasteiger partial charge in [0.15, 0.2) is 11.6 Å². The van der Waals surface area contributed by atoms with E-state index in [4.69, 9.17) is 0 Å². The lowest BCUT2D eigenvalue weighted by atomic mass is 9.84. The molecule has 8 aromatic rings. The van der Waals surface area contributed by atoms with Gasteiger partial charge in [0.25, 0.3) is 0 Å². The predicted octanol–water partition coefficient (Wildman–Crippen LogP) is 12.6. The van der Waals surface area contributed by atoms with Crippen LogP contribution in [-0.2, 0) is 6.18 Å². The van der Waals surface area contributed by atoms with Crippen molar-refractivity contribution in [3.63, 3.8) is 0 Å². The first-order chi connectivity index (χ1) is 22.2. The first-order valence-electron chi connectivity index (χ1n) is 14.8. The van der Waals surface area contributed by atoms with E-state index in [0.29, 0.717) is 27.5 Å². The topological polar surface area (TPSA) is 0 Å². The second kappa shape index (κ2) is 10.5. The number of fused-ring (bicyclic) bond motifs is 4. The second-order valence-corrected chi connectivity index (χ2v) is 11.5. The highest BCUT2D eigenvalue weighted by atomic mass is 19.4. The Balaban J connectivity index is 1.49. The van der Waals surface area contributed by atoms with E-state index in [1.54, 1.807) is 0 Å². The largest absolute Gasteiger partial charge is 0.416 e. The van der Waals surface area contributed by atoms with Crippen molar-refractivity contribution < 1.29 is 22.0 Å². The molecule has 0 radical (unpaired) electrons. The van der Waals surface area contributed by atoms with Gasteiger partial charge in [0.05, 0.1) is 5.56 Å². The molecule has 0 amide bonds. The molecule has 46 heavy (non-hydrogen) atoms. The SMILES string of the molecule is Fc1cc2c(-c3ccc4ccccc4c3)c3ccc(-c4ccc(C(F)(F)F)cc4)cc3c(-c3ccc4ccccc4c3)c2cc1F. The van der Waals surface area contributed by atoms with Crippen LogP contribution in [0.2, 0.25) is 0 Å². The van der Waals surface area contributed by atoms with Gasteiger partial charge in [-0.05, 0) is 119 Å². The van der Waals surface area contributed by atoms with Crippen molar-refractivity contribution in [2.45, 2.75) is 6.18 Å². The third kappa shape index (κ3) is 4.67. The standard InChI is InChI=1S/C41H23F5/c42-37-22-35-36(23-38(37)43)40(31-12-10-25-6-2-4-8-28(25)20-31)34-21-29(26-13-16-32(17-14-26)41(44,45)46)15-18-33(34)39(35)30-11-9-24-5-1-3-7-27(24)19-30/h1-23H. The minimum Gasteiger partial charge on any atom is -0.204 e. The maximum absolute atomic E-state index is 15.2. The van der Waals surface area contributed by atoms with E-state index in [2.05, 4.69) is 0 Å². The maximum atomic E-state index is 15.2. The van der Waals surface area contributed by atoms with Crippen molar-refractivity contribution >= 4 is 43.1 Å². The van der Waals surface area contributed by atoms with Crippen molar-refractivity contribution in [3.8, 4) is 33.4 Å². The Morgan fingerprint density at radius 2 is 0.783 bits per heavy atom. The van der Waals surface area contributed by atoms with Crippen LogP contribution in [0.3, 0.4) is 0 Å². The van der Waals surface area contributed by atoms with Crippen LogP contribution in [-0.4, -0.2) is 0 Å². The summed E-state index contributed by atoms with van der Waals surface area (Å²) in [4.78, 5) is 0. The van der Waals surface area contributed by atoms with E-state index in [9.17, 15) is 13.2 Å². The van der Waals surface area contributed by atoms with Crippen molar-refractivity contribution in [3.05, 3.63) is 157 Å². The van der Waals surface area contributed by atoms with Crippen LogP contribution in [0.4, 0.5) is 22.0 Å². The van der Waals surface area contributed by atoms with Crippen LogP contribution in [0.15, 0.2) is 140 Å². The second-order valence-electron chi connectivity index (χ2n) is 11.5. The number of benzene rings is 8. The molecule has 8 aromatic carbocycles. The molecule has 0 spiro atoms. The van der Waals surface area contributed by atoms with Gasteiger partial charge in [-0.15, -0.1) is 0 Å². The van der Waals surface area contributed by atoms with Gasteiger partial charge in [-0.2, -0.15) is 13.2 Å². The Labute approximate surface area is 261 Å². The van der Waals surface area contributed by atoms with E-state index in [1.807, 2.05) is 103 Å². The van der Waals surface area contributed by atoms with Gasteiger partial charge in [0.1, 0.15) is 0 Å². The fourth-order valence-electron chi connectivity index (χ4n) is 6.56. The first-order valence-corrected chi connectivity index (χ1v) is 14.8. The van der Waals surface area contributed by atoms with Gasteiger partial charge in [-0.25, -0.2) is 8.78 Å². The van der Waals surface area contributed by atoms with Gasteiger partial charge in [0.2, 0.25) is 0 Å². The third-order valence-corrected chi connectivity index (χ3v) is 8.78. The lowest BCUT2D eigenvalue weighted by Gasteiger charge is -2.20. The van der Waals surface area contributed by atoms with E-state index in [0.717, 1.165) is 61.1 Å². The molecule has 5 heteroatoms. The molecular formula is C41H23F5. The van der Waals surface area contributed by atoms with Crippen molar-refractivity contribution in [1.29, 1.82) is 0 Å². The molecule has 0 unspecified atom stereocenters. The van der Waals surface area contributed by atoms with Gasteiger partial charge < -0.3 is 0 Å². The zero-order valence-electron chi connectivity index (χ0n) is 24.2. The molecule has 0 atom stereocenters. The number of rotatable bonds is 3. The monoisotopic (exact) mass is 610 g/mol. The summed E-state index contributed by atoms with van der Waals surface area (Å²) in [5, 5.41) is 6.76. The molecule has 0 heterocycles. The zero-order chi connectivity index (χ0) is 31.6. The Hall–Kier alpha value is -5.55. The van der Waals surface area contributed by atoms with Gasteiger partial charge >= 0.3 is 6.18 Å². The molecule has 0 aromatic heterocycles. The van der Waals surface area contributed by atoms with Crippen LogP contribution in [0, 0.1) is 11.6 Å². The van der Waals surface area contributed by atoms with Gasteiger partial charge in [-0.3, -0.25) is 0 Å². The summed E-state index contributed by atoms with van der Waals surface area (Å²) in [6.45, 7) is 0. The summed E-state index contributed by atoms with van der Waals surface area (Å²) in [7, 11) is 0. The van der Waals surface area contributed by atoms with Gasteiger partial charge in [-0.1, -0.05) is 97.1 Å². The Morgan fingerprint density at radius 3 is 1.30 bits per heavy atom. The molecule has 0 N–H and O–H groups in total. The molecular weight excluding hydrogens is 587 g/mol. The average molecular weight is 611 g/mol. The number of alkyl halides is 3. The molecule has 0 saturated carbocycles. The van der Waals surface area contributed by atoms with E-state index < -0.39 is 23.4 Å². The smallest absolute Gasteiger partial charge is 0.204 e. The minimum absolute atomic E-state index is 0.536. The van der Waals surface area contributed by atoms with E-state index >= 15 is 8.78 Å². The van der Waals surface area contributed by atoms with Crippen LogP contribution >= 0.6 is 0 Å². The summed E-state index contributed by atoms with van der Waals surface area (Å²) in [6, 6.07) is 41.2. The first kappa shape index (κ1) is 28.0.